The molecule has 2 amide bonds. The van der Waals surface area contributed by atoms with Crippen molar-refractivity contribution in [2.45, 2.75) is 19.5 Å². The van der Waals surface area contributed by atoms with Crippen molar-refractivity contribution in [3.63, 3.8) is 0 Å². The van der Waals surface area contributed by atoms with E-state index in [1.165, 1.54) is 0 Å². The van der Waals surface area contributed by atoms with Crippen molar-refractivity contribution >= 4 is 23.8 Å². The summed E-state index contributed by atoms with van der Waals surface area (Å²) in [5.74, 6) is 0.0930. The van der Waals surface area contributed by atoms with Crippen LogP contribution in [0.4, 0.5) is 4.79 Å². The molecule has 0 radical (unpaired) electrons. The number of thioether (sulfide) groups is 1. The fourth-order valence-corrected chi connectivity index (χ4v) is 2.63. The number of nitrogens with one attached hydrogen (secondary N) is 1. The molecule has 0 aliphatic carbocycles. The molecule has 2 N–H and O–H groups in total. The zero-order chi connectivity index (χ0) is 14.5. The van der Waals surface area contributed by atoms with Gasteiger partial charge in [-0.15, -0.1) is 0 Å². The predicted molar refractivity (Wildman–Crippen MR) is 79.0 cm³/mol. The number of hydrogen-bond donors (Lipinski definition) is 2. The van der Waals surface area contributed by atoms with E-state index in [9.17, 15) is 9.59 Å². The van der Waals surface area contributed by atoms with E-state index in [1.54, 1.807) is 34.9 Å². The maximum absolute atomic E-state index is 12.0. The molecule has 1 heterocycles. The molecule has 0 saturated carbocycles. The molecule has 0 fully saturated rings. The molecule has 1 aromatic rings. The van der Waals surface area contributed by atoms with Gasteiger partial charge in [0.1, 0.15) is 0 Å². The Kier molecular flexibility index (Phi) is 4.89. The molecule has 1 aliphatic rings. The van der Waals surface area contributed by atoms with E-state index in [2.05, 4.69) is 5.32 Å². The van der Waals surface area contributed by atoms with E-state index < -0.39 is 5.97 Å². The summed E-state index contributed by atoms with van der Waals surface area (Å²) >= 11 is 1.76. The van der Waals surface area contributed by atoms with Gasteiger partial charge in [-0.2, -0.15) is 11.8 Å². The first-order valence-corrected chi connectivity index (χ1v) is 7.88. The van der Waals surface area contributed by atoms with Crippen LogP contribution in [0, 0.1) is 0 Å². The summed E-state index contributed by atoms with van der Waals surface area (Å²) in [5, 5.41) is 11.9. The van der Waals surface area contributed by atoms with Crippen LogP contribution in [0.5, 0.6) is 0 Å². The van der Waals surface area contributed by atoms with Crippen molar-refractivity contribution in [3.8, 4) is 0 Å². The molecule has 1 aromatic carbocycles. The van der Waals surface area contributed by atoms with E-state index in [4.69, 9.17) is 5.11 Å². The zero-order valence-electron chi connectivity index (χ0n) is 11.4. The number of fused-ring (bicyclic) bond motifs is 1. The van der Waals surface area contributed by atoms with Crippen molar-refractivity contribution in [2.24, 2.45) is 0 Å². The molecular weight excluding hydrogens is 276 g/mol. The SMILES string of the molecule is CSCCCNC(=O)N1Cc2ccc(C(=O)O)cc2C1. The van der Waals surface area contributed by atoms with Gasteiger partial charge < -0.3 is 15.3 Å². The van der Waals surface area contributed by atoms with Crippen LogP contribution in [-0.2, 0) is 13.1 Å². The van der Waals surface area contributed by atoms with Gasteiger partial charge in [0, 0.05) is 19.6 Å². The third kappa shape index (κ3) is 3.45. The summed E-state index contributed by atoms with van der Waals surface area (Å²) in [5.41, 5.74) is 2.21. The van der Waals surface area contributed by atoms with Gasteiger partial charge >= 0.3 is 12.0 Å². The van der Waals surface area contributed by atoms with E-state index in [1.807, 2.05) is 6.26 Å². The summed E-state index contributed by atoms with van der Waals surface area (Å²) in [7, 11) is 0. The molecule has 1 aliphatic heterocycles. The highest BCUT2D eigenvalue weighted by atomic mass is 32.2. The first-order valence-electron chi connectivity index (χ1n) is 6.48. The van der Waals surface area contributed by atoms with Gasteiger partial charge in [-0.25, -0.2) is 9.59 Å². The predicted octanol–water partition coefficient (Wildman–Crippen LogP) is 2.16. The second-order valence-corrected chi connectivity index (χ2v) is 5.71. The van der Waals surface area contributed by atoms with Crippen LogP contribution in [0.1, 0.15) is 27.9 Å². The number of carboxylic acids is 1. The van der Waals surface area contributed by atoms with E-state index in [-0.39, 0.29) is 11.6 Å². The average molecular weight is 294 g/mol. The number of benzene rings is 1. The number of carbonyl (C=O) groups excluding carboxylic acids is 1. The van der Waals surface area contributed by atoms with Crippen molar-refractivity contribution in [1.29, 1.82) is 0 Å². The second-order valence-electron chi connectivity index (χ2n) is 4.72. The van der Waals surface area contributed by atoms with Crippen LogP contribution in [0.15, 0.2) is 18.2 Å². The number of urea groups is 1. The molecule has 0 aromatic heterocycles. The molecule has 108 valence electrons. The minimum atomic E-state index is -0.937. The topological polar surface area (TPSA) is 69.6 Å². The first kappa shape index (κ1) is 14.7. The van der Waals surface area contributed by atoms with Crippen molar-refractivity contribution < 1.29 is 14.7 Å². The Morgan fingerprint density at radius 3 is 2.80 bits per heavy atom. The highest BCUT2D eigenvalue weighted by molar-refractivity contribution is 7.98. The highest BCUT2D eigenvalue weighted by Crippen LogP contribution is 2.23. The van der Waals surface area contributed by atoms with Gasteiger partial charge in [0.15, 0.2) is 0 Å². The number of aromatic carboxylic acids is 1. The molecular formula is C14H18N2O3S. The normalized spacial score (nSPS) is 13.2. The van der Waals surface area contributed by atoms with E-state index in [0.29, 0.717) is 19.6 Å². The first-order chi connectivity index (χ1) is 9.61. The van der Waals surface area contributed by atoms with E-state index >= 15 is 0 Å². The van der Waals surface area contributed by atoms with Crippen LogP contribution < -0.4 is 5.32 Å². The Labute approximate surface area is 122 Å². The standard InChI is InChI=1S/C14H18N2O3S/c1-20-6-2-5-15-14(19)16-8-11-4-3-10(13(17)18)7-12(11)9-16/h3-4,7H,2,5-6,8-9H2,1H3,(H,15,19)(H,17,18). The Bertz CT molecular complexity index is 519. The van der Waals surface area contributed by atoms with Gasteiger partial charge in [-0.3, -0.25) is 0 Å². The Hall–Kier alpha value is -1.69. The molecule has 6 heteroatoms. The molecule has 20 heavy (non-hydrogen) atoms. The molecule has 2 rings (SSSR count). The van der Waals surface area contributed by atoms with Gasteiger partial charge in [0.25, 0.3) is 0 Å². The molecule has 0 saturated heterocycles. The zero-order valence-corrected chi connectivity index (χ0v) is 12.2. The summed E-state index contributed by atoms with van der Waals surface area (Å²) in [6, 6.07) is 4.94. The molecule has 0 bridgehead atoms. The maximum Gasteiger partial charge on any atom is 0.335 e. The lowest BCUT2D eigenvalue weighted by Crippen LogP contribution is -2.37. The van der Waals surface area contributed by atoms with Crippen LogP contribution in [0.25, 0.3) is 0 Å². The van der Waals surface area contributed by atoms with Crippen LogP contribution >= 0.6 is 11.8 Å². The fraction of sp³-hybridized carbons (Fsp3) is 0.429. The Morgan fingerprint density at radius 1 is 1.35 bits per heavy atom. The maximum atomic E-state index is 12.0. The van der Waals surface area contributed by atoms with Crippen LogP contribution in [0.2, 0.25) is 0 Å². The molecule has 0 spiro atoms. The summed E-state index contributed by atoms with van der Waals surface area (Å²) in [4.78, 5) is 24.6. The summed E-state index contributed by atoms with van der Waals surface area (Å²) in [6.45, 7) is 1.70. The lowest BCUT2D eigenvalue weighted by atomic mass is 10.1. The minimum Gasteiger partial charge on any atom is -0.478 e. The minimum absolute atomic E-state index is 0.0841. The Balaban J connectivity index is 1.92. The van der Waals surface area contributed by atoms with Crippen LogP contribution in [0.3, 0.4) is 0 Å². The third-order valence-electron chi connectivity index (χ3n) is 3.26. The van der Waals surface area contributed by atoms with Gasteiger partial charge in [0.2, 0.25) is 0 Å². The van der Waals surface area contributed by atoms with Gasteiger partial charge in [-0.1, -0.05) is 6.07 Å². The fourth-order valence-electron chi connectivity index (χ4n) is 2.19. The highest BCUT2D eigenvalue weighted by Gasteiger charge is 2.23. The number of rotatable bonds is 5. The lowest BCUT2D eigenvalue weighted by molar-refractivity contribution is 0.0696. The number of nitrogens with zero attached hydrogens (tertiary/aromatic N) is 1. The lowest BCUT2D eigenvalue weighted by Gasteiger charge is -2.16. The van der Waals surface area contributed by atoms with E-state index in [0.717, 1.165) is 23.3 Å². The number of amides is 2. The average Bonchev–Trinajstić information content (AvgIpc) is 2.86. The van der Waals surface area contributed by atoms with Crippen molar-refractivity contribution in [1.82, 2.24) is 10.2 Å². The number of carbonyl (C=O) groups is 2. The smallest absolute Gasteiger partial charge is 0.335 e. The summed E-state index contributed by atoms with van der Waals surface area (Å²) in [6.07, 6.45) is 3.00. The van der Waals surface area contributed by atoms with Crippen LogP contribution in [-0.4, -0.2) is 40.6 Å². The number of carboxylic acid groups (broad SMARTS) is 1. The van der Waals surface area contributed by atoms with Crippen molar-refractivity contribution in [2.75, 3.05) is 18.6 Å². The second kappa shape index (κ2) is 6.65. The van der Waals surface area contributed by atoms with Crippen molar-refractivity contribution in [3.05, 3.63) is 34.9 Å². The Morgan fingerprint density at radius 2 is 2.10 bits per heavy atom. The molecule has 5 nitrogen and oxygen atoms in total. The number of hydrogen-bond acceptors (Lipinski definition) is 3. The monoisotopic (exact) mass is 294 g/mol. The molecule has 0 atom stereocenters. The third-order valence-corrected chi connectivity index (χ3v) is 3.96. The summed E-state index contributed by atoms with van der Waals surface area (Å²) < 4.78 is 0. The largest absolute Gasteiger partial charge is 0.478 e. The van der Waals surface area contributed by atoms with Gasteiger partial charge in [-0.05, 0) is 41.7 Å². The van der Waals surface area contributed by atoms with Gasteiger partial charge in [0.05, 0.1) is 5.56 Å². The molecule has 0 unspecified atom stereocenters. The quantitative estimate of drug-likeness (QED) is 0.817.